The number of benzene rings is 1. The summed E-state index contributed by atoms with van der Waals surface area (Å²) in [6.45, 7) is 1.16. The SMILES string of the molecule is Brc1ccccc1-c1nc(SC[C@@H]2CCOCO2)n[nH]1. The maximum absolute atomic E-state index is 5.49. The fourth-order valence-corrected chi connectivity index (χ4v) is 3.22. The van der Waals surface area contributed by atoms with Crippen LogP contribution in [0.3, 0.4) is 0 Å². The predicted octanol–water partition coefficient (Wildman–Crippen LogP) is 3.09. The molecule has 106 valence electrons. The molecule has 2 heterocycles. The van der Waals surface area contributed by atoms with Gasteiger partial charge in [-0.05, 0) is 12.5 Å². The van der Waals surface area contributed by atoms with Crippen LogP contribution in [0.1, 0.15) is 6.42 Å². The van der Waals surface area contributed by atoms with Gasteiger partial charge in [0.25, 0.3) is 0 Å². The van der Waals surface area contributed by atoms with Crippen molar-refractivity contribution in [2.24, 2.45) is 0 Å². The third-order valence-corrected chi connectivity index (χ3v) is 4.63. The van der Waals surface area contributed by atoms with Crippen molar-refractivity contribution in [3.63, 3.8) is 0 Å². The molecule has 1 atom stereocenters. The first-order valence-corrected chi connectivity index (χ1v) is 8.10. The van der Waals surface area contributed by atoms with Gasteiger partial charge in [0.05, 0.1) is 12.7 Å². The molecule has 5 nitrogen and oxygen atoms in total. The Morgan fingerprint density at radius 3 is 3.10 bits per heavy atom. The van der Waals surface area contributed by atoms with Gasteiger partial charge in [0, 0.05) is 15.8 Å². The van der Waals surface area contributed by atoms with Gasteiger partial charge < -0.3 is 9.47 Å². The molecule has 1 aliphatic rings. The second-order valence-electron chi connectivity index (χ2n) is 4.36. The number of nitrogens with one attached hydrogen (secondary N) is 1. The Morgan fingerprint density at radius 2 is 2.30 bits per heavy atom. The normalized spacial score (nSPS) is 19.1. The highest BCUT2D eigenvalue weighted by molar-refractivity contribution is 9.10. The van der Waals surface area contributed by atoms with Gasteiger partial charge in [-0.15, -0.1) is 5.10 Å². The van der Waals surface area contributed by atoms with Crippen molar-refractivity contribution in [1.29, 1.82) is 0 Å². The zero-order chi connectivity index (χ0) is 13.8. The maximum atomic E-state index is 5.49. The molecule has 7 heteroatoms. The smallest absolute Gasteiger partial charge is 0.208 e. The van der Waals surface area contributed by atoms with Crippen molar-refractivity contribution in [3.05, 3.63) is 28.7 Å². The van der Waals surface area contributed by atoms with Gasteiger partial charge in [-0.1, -0.05) is 45.9 Å². The van der Waals surface area contributed by atoms with Crippen LogP contribution < -0.4 is 0 Å². The van der Waals surface area contributed by atoms with Gasteiger partial charge >= 0.3 is 0 Å². The molecule has 1 aromatic carbocycles. The topological polar surface area (TPSA) is 60.0 Å². The van der Waals surface area contributed by atoms with Crippen LogP contribution in [0, 0.1) is 0 Å². The van der Waals surface area contributed by atoms with E-state index in [9.17, 15) is 0 Å². The zero-order valence-electron chi connectivity index (χ0n) is 10.7. The molecule has 3 rings (SSSR count). The van der Waals surface area contributed by atoms with Crippen LogP contribution in [0.2, 0.25) is 0 Å². The number of ether oxygens (including phenoxy) is 2. The summed E-state index contributed by atoms with van der Waals surface area (Å²) in [5, 5.41) is 7.95. The summed E-state index contributed by atoms with van der Waals surface area (Å²) in [5.74, 6) is 1.62. The zero-order valence-corrected chi connectivity index (χ0v) is 13.1. The minimum atomic E-state index is 0.221. The summed E-state index contributed by atoms with van der Waals surface area (Å²) in [6, 6.07) is 7.94. The lowest BCUT2D eigenvalue weighted by Gasteiger charge is -2.21. The van der Waals surface area contributed by atoms with Crippen LogP contribution in [0.4, 0.5) is 0 Å². The molecule has 0 spiro atoms. The highest BCUT2D eigenvalue weighted by Crippen LogP contribution is 2.27. The third-order valence-electron chi connectivity index (χ3n) is 2.96. The van der Waals surface area contributed by atoms with Gasteiger partial charge in [0.1, 0.15) is 6.79 Å². The number of halogens is 1. The standard InChI is InChI=1S/C13H14BrN3O2S/c14-11-4-2-1-3-10(11)12-15-13(17-16-12)20-7-9-5-6-18-8-19-9/h1-4,9H,5-8H2,(H,15,16,17)/t9-/m0/s1. The number of hydrogen-bond acceptors (Lipinski definition) is 5. The molecule has 1 saturated heterocycles. The summed E-state index contributed by atoms with van der Waals surface area (Å²) in [5.41, 5.74) is 1.01. The van der Waals surface area contributed by atoms with Crippen LogP contribution in [0.5, 0.6) is 0 Å². The fourth-order valence-electron chi connectivity index (χ4n) is 1.88. The van der Waals surface area contributed by atoms with Crippen molar-refractivity contribution in [1.82, 2.24) is 15.2 Å². The minimum Gasteiger partial charge on any atom is -0.355 e. The van der Waals surface area contributed by atoms with Crippen LogP contribution in [0.25, 0.3) is 11.4 Å². The van der Waals surface area contributed by atoms with E-state index in [0.29, 0.717) is 6.79 Å². The first kappa shape index (κ1) is 14.1. The Labute approximate surface area is 129 Å². The molecule has 20 heavy (non-hydrogen) atoms. The molecule has 0 saturated carbocycles. The van der Waals surface area contributed by atoms with Gasteiger partial charge in [0.2, 0.25) is 5.16 Å². The number of nitrogens with zero attached hydrogens (tertiary/aromatic N) is 2. The number of thioether (sulfide) groups is 1. The van der Waals surface area contributed by atoms with Gasteiger partial charge in [-0.25, -0.2) is 4.98 Å². The minimum absolute atomic E-state index is 0.221. The summed E-state index contributed by atoms with van der Waals surface area (Å²) in [7, 11) is 0. The van der Waals surface area contributed by atoms with Crippen molar-refractivity contribution in [3.8, 4) is 11.4 Å². The average molecular weight is 356 g/mol. The molecule has 1 aromatic heterocycles. The monoisotopic (exact) mass is 355 g/mol. The van der Waals surface area contributed by atoms with E-state index in [1.807, 2.05) is 24.3 Å². The van der Waals surface area contributed by atoms with Crippen molar-refractivity contribution >= 4 is 27.7 Å². The highest BCUT2D eigenvalue weighted by Gasteiger charge is 2.16. The second-order valence-corrected chi connectivity index (χ2v) is 6.20. The van der Waals surface area contributed by atoms with Gasteiger partial charge in [0.15, 0.2) is 5.82 Å². The molecule has 0 amide bonds. The van der Waals surface area contributed by atoms with Crippen LogP contribution in [-0.4, -0.2) is 40.4 Å². The lowest BCUT2D eigenvalue weighted by Crippen LogP contribution is -2.25. The quantitative estimate of drug-likeness (QED) is 0.854. The number of H-pyrrole nitrogens is 1. The Kier molecular flexibility index (Phi) is 4.72. The van der Waals surface area contributed by atoms with E-state index in [0.717, 1.165) is 39.8 Å². The van der Waals surface area contributed by atoms with Crippen molar-refractivity contribution < 1.29 is 9.47 Å². The van der Waals surface area contributed by atoms with Crippen LogP contribution in [-0.2, 0) is 9.47 Å². The lowest BCUT2D eigenvalue weighted by molar-refractivity contribution is -0.130. The first-order chi connectivity index (χ1) is 9.83. The molecule has 2 aromatic rings. The first-order valence-electron chi connectivity index (χ1n) is 6.32. The Morgan fingerprint density at radius 1 is 1.40 bits per heavy atom. The van der Waals surface area contributed by atoms with Crippen LogP contribution in [0.15, 0.2) is 33.9 Å². The van der Waals surface area contributed by atoms with Crippen LogP contribution >= 0.6 is 27.7 Å². The average Bonchev–Trinajstić information content (AvgIpc) is 2.95. The Hall–Kier alpha value is -0.890. The molecule has 0 bridgehead atoms. The lowest BCUT2D eigenvalue weighted by atomic mass is 10.2. The predicted molar refractivity (Wildman–Crippen MR) is 80.6 cm³/mol. The number of hydrogen-bond donors (Lipinski definition) is 1. The molecular formula is C13H14BrN3O2S. The number of aromatic amines is 1. The van der Waals surface area contributed by atoms with E-state index in [2.05, 4.69) is 31.1 Å². The molecular weight excluding hydrogens is 342 g/mol. The molecule has 1 N–H and O–H groups in total. The Balaban J connectivity index is 1.63. The molecule has 1 fully saturated rings. The number of aromatic nitrogens is 3. The van der Waals surface area contributed by atoms with Gasteiger partial charge in [-0.3, -0.25) is 5.10 Å². The van der Waals surface area contributed by atoms with Crippen molar-refractivity contribution in [2.75, 3.05) is 19.2 Å². The molecule has 0 radical (unpaired) electrons. The molecule has 1 aliphatic heterocycles. The Bertz CT molecular complexity index is 572. The van der Waals surface area contributed by atoms with E-state index >= 15 is 0 Å². The van der Waals surface area contributed by atoms with E-state index < -0.39 is 0 Å². The molecule has 0 unspecified atom stereocenters. The summed E-state index contributed by atoms with van der Waals surface area (Å²) < 4.78 is 11.6. The van der Waals surface area contributed by atoms with Crippen molar-refractivity contribution in [2.45, 2.75) is 17.7 Å². The summed E-state index contributed by atoms with van der Waals surface area (Å²) >= 11 is 5.11. The van der Waals surface area contributed by atoms with Gasteiger partial charge in [-0.2, -0.15) is 0 Å². The molecule has 0 aliphatic carbocycles. The fraction of sp³-hybridized carbons (Fsp3) is 0.385. The summed E-state index contributed by atoms with van der Waals surface area (Å²) in [6.07, 6.45) is 1.15. The van der Waals surface area contributed by atoms with E-state index in [4.69, 9.17) is 9.47 Å². The number of rotatable bonds is 4. The van der Waals surface area contributed by atoms with E-state index in [-0.39, 0.29) is 6.10 Å². The summed E-state index contributed by atoms with van der Waals surface area (Å²) in [4.78, 5) is 4.51. The van der Waals surface area contributed by atoms with E-state index in [1.54, 1.807) is 11.8 Å². The largest absolute Gasteiger partial charge is 0.355 e. The highest BCUT2D eigenvalue weighted by atomic mass is 79.9. The second kappa shape index (κ2) is 6.71. The maximum Gasteiger partial charge on any atom is 0.208 e. The third kappa shape index (κ3) is 3.41. The van der Waals surface area contributed by atoms with E-state index in [1.165, 1.54) is 0 Å².